The number of methoxy groups -OCH3 is 1. The molecule has 196 valence electrons. The average molecular weight is 511 g/mol. The highest BCUT2D eigenvalue weighted by Crippen LogP contribution is 2.40. The molecular weight excluding hydrogens is 480 g/mol. The lowest BCUT2D eigenvalue weighted by atomic mass is 9.80. The molecule has 0 radical (unpaired) electrons. The first kappa shape index (κ1) is 27.4. The lowest BCUT2D eigenvalue weighted by Crippen LogP contribution is -2.32. The Hall–Kier alpha value is -4.18. The molecule has 1 heterocycles. The third-order valence-corrected chi connectivity index (χ3v) is 5.92. The molecule has 0 fully saturated rings. The van der Waals surface area contributed by atoms with Crippen LogP contribution in [-0.4, -0.2) is 48.9 Å². The molecule has 2 aromatic carbocycles. The molecule has 0 saturated heterocycles. The molecule has 1 unspecified atom stereocenters. The number of nitro groups is 1. The van der Waals surface area contributed by atoms with Gasteiger partial charge in [0.1, 0.15) is 5.75 Å². The second-order valence-corrected chi connectivity index (χ2v) is 8.43. The van der Waals surface area contributed by atoms with Gasteiger partial charge in [0.05, 0.1) is 42.3 Å². The number of carbonyl (C=O) groups is 2. The van der Waals surface area contributed by atoms with E-state index in [1.807, 2.05) is 12.1 Å². The molecule has 3 rings (SSSR count). The Bertz CT molecular complexity index is 1220. The normalized spacial score (nSPS) is 15.2. The lowest BCUT2D eigenvalue weighted by molar-refractivity contribution is -0.384. The Balaban J connectivity index is 1.80. The second kappa shape index (κ2) is 12.7. The summed E-state index contributed by atoms with van der Waals surface area (Å²) in [5, 5.41) is 23.3. The minimum atomic E-state index is -0.906. The fourth-order valence-corrected chi connectivity index (χ4v) is 4.14. The SMILES string of the molecule is COC(=O)C1=C(C)NC(C)=C(C(=O)OCCc2ccc(OCCCO)cc2)C1c1cccc([N+](=O)[O-])c1. The molecule has 0 amide bonds. The molecule has 0 aromatic heterocycles. The van der Waals surface area contributed by atoms with Gasteiger partial charge < -0.3 is 24.6 Å². The van der Waals surface area contributed by atoms with Crippen LogP contribution >= 0.6 is 0 Å². The summed E-state index contributed by atoms with van der Waals surface area (Å²) < 4.78 is 16.1. The number of benzene rings is 2. The number of nitro benzene ring substituents is 1. The monoisotopic (exact) mass is 510 g/mol. The number of nitrogens with zero attached hydrogens (tertiary/aromatic N) is 1. The van der Waals surface area contributed by atoms with Gasteiger partial charge in [0, 0.05) is 43.0 Å². The zero-order chi connectivity index (χ0) is 26.9. The van der Waals surface area contributed by atoms with E-state index in [2.05, 4.69) is 5.32 Å². The quantitative estimate of drug-likeness (QED) is 0.201. The van der Waals surface area contributed by atoms with Crippen LogP contribution in [-0.2, 0) is 25.5 Å². The van der Waals surface area contributed by atoms with Crippen LogP contribution in [0, 0.1) is 10.1 Å². The molecule has 1 atom stereocenters. The van der Waals surface area contributed by atoms with Crippen molar-refractivity contribution in [3.8, 4) is 5.75 Å². The van der Waals surface area contributed by atoms with E-state index >= 15 is 0 Å². The van der Waals surface area contributed by atoms with Crippen molar-refractivity contribution >= 4 is 17.6 Å². The zero-order valence-corrected chi connectivity index (χ0v) is 21.0. The van der Waals surface area contributed by atoms with Crippen LogP contribution in [0.2, 0.25) is 0 Å². The third kappa shape index (κ3) is 6.73. The maximum Gasteiger partial charge on any atom is 0.336 e. The van der Waals surface area contributed by atoms with E-state index in [1.54, 1.807) is 32.0 Å². The molecule has 0 bridgehead atoms. The number of allylic oxidation sites excluding steroid dienone is 2. The number of non-ortho nitro benzene ring substituents is 1. The number of nitrogens with one attached hydrogen (secondary N) is 1. The minimum Gasteiger partial charge on any atom is -0.494 e. The van der Waals surface area contributed by atoms with Crippen molar-refractivity contribution in [3.05, 3.63) is 92.3 Å². The molecule has 1 aliphatic heterocycles. The van der Waals surface area contributed by atoms with Gasteiger partial charge in [0.15, 0.2) is 0 Å². The number of hydrogen-bond acceptors (Lipinski definition) is 9. The number of ether oxygens (including phenoxy) is 3. The Kier molecular flexibility index (Phi) is 9.39. The van der Waals surface area contributed by atoms with Crippen LogP contribution in [0.5, 0.6) is 5.75 Å². The molecule has 10 heteroatoms. The van der Waals surface area contributed by atoms with Crippen LogP contribution in [0.25, 0.3) is 0 Å². The minimum absolute atomic E-state index is 0.0629. The molecule has 2 N–H and O–H groups in total. The Morgan fingerprint density at radius 2 is 1.70 bits per heavy atom. The first-order chi connectivity index (χ1) is 17.8. The molecule has 0 saturated carbocycles. The van der Waals surface area contributed by atoms with E-state index in [-0.39, 0.29) is 30.0 Å². The van der Waals surface area contributed by atoms with Crippen LogP contribution in [0.4, 0.5) is 5.69 Å². The summed E-state index contributed by atoms with van der Waals surface area (Å²) in [6.07, 6.45) is 0.994. The summed E-state index contributed by atoms with van der Waals surface area (Å²) in [5.41, 5.74) is 2.49. The van der Waals surface area contributed by atoms with Crippen molar-refractivity contribution in [2.45, 2.75) is 32.6 Å². The second-order valence-electron chi connectivity index (χ2n) is 8.43. The maximum absolute atomic E-state index is 13.3. The number of dihydropyridines is 1. The fourth-order valence-electron chi connectivity index (χ4n) is 4.14. The summed E-state index contributed by atoms with van der Waals surface area (Å²) in [6.45, 7) is 3.93. The summed E-state index contributed by atoms with van der Waals surface area (Å²) in [5.74, 6) is -1.52. The van der Waals surface area contributed by atoms with Gasteiger partial charge in [0.25, 0.3) is 5.69 Å². The highest BCUT2D eigenvalue weighted by atomic mass is 16.6. The molecular formula is C27H30N2O8. The largest absolute Gasteiger partial charge is 0.494 e. The molecule has 0 spiro atoms. The lowest BCUT2D eigenvalue weighted by Gasteiger charge is -2.30. The van der Waals surface area contributed by atoms with E-state index in [9.17, 15) is 19.7 Å². The van der Waals surface area contributed by atoms with E-state index in [0.717, 1.165) is 5.56 Å². The summed E-state index contributed by atoms with van der Waals surface area (Å²) in [4.78, 5) is 36.9. The van der Waals surface area contributed by atoms with Gasteiger partial charge in [-0.15, -0.1) is 0 Å². The van der Waals surface area contributed by atoms with Gasteiger partial charge in [-0.3, -0.25) is 10.1 Å². The molecule has 2 aromatic rings. The first-order valence-corrected chi connectivity index (χ1v) is 11.8. The van der Waals surface area contributed by atoms with Crippen molar-refractivity contribution in [3.63, 3.8) is 0 Å². The molecule has 1 aliphatic rings. The van der Waals surface area contributed by atoms with Gasteiger partial charge in [-0.1, -0.05) is 24.3 Å². The van der Waals surface area contributed by atoms with E-state index in [4.69, 9.17) is 19.3 Å². The highest BCUT2D eigenvalue weighted by molar-refractivity contribution is 5.99. The van der Waals surface area contributed by atoms with Crippen molar-refractivity contribution in [1.82, 2.24) is 5.32 Å². The summed E-state index contributed by atoms with van der Waals surface area (Å²) in [7, 11) is 1.24. The predicted molar refractivity (Wildman–Crippen MR) is 135 cm³/mol. The smallest absolute Gasteiger partial charge is 0.336 e. The fraction of sp³-hybridized carbons (Fsp3) is 0.333. The summed E-state index contributed by atoms with van der Waals surface area (Å²) in [6, 6.07) is 13.2. The molecule has 0 aliphatic carbocycles. The topological polar surface area (TPSA) is 137 Å². The molecule has 37 heavy (non-hydrogen) atoms. The zero-order valence-electron chi connectivity index (χ0n) is 21.0. The third-order valence-electron chi connectivity index (χ3n) is 5.92. The van der Waals surface area contributed by atoms with Crippen molar-refractivity contribution in [1.29, 1.82) is 0 Å². The van der Waals surface area contributed by atoms with E-state index in [0.29, 0.717) is 42.2 Å². The standard InChI is InChI=1S/C27H30N2O8/c1-17-23(26(31)35-3)25(20-6-4-7-21(16-20)29(33)34)24(18(2)28-17)27(32)37-15-12-19-8-10-22(11-9-19)36-14-5-13-30/h4,6-11,16,25,28,30H,5,12-15H2,1-3H3. The summed E-state index contributed by atoms with van der Waals surface area (Å²) >= 11 is 0. The maximum atomic E-state index is 13.3. The number of rotatable bonds is 11. The van der Waals surface area contributed by atoms with Gasteiger partial charge in [-0.2, -0.15) is 0 Å². The number of aliphatic hydroxyl groups excluding tert-OH is 1. The molecule has 10 nitrogen and oxygen atoms in total. The Labute approximate surface area is 214 Å². The van der Waals surface area contributed by atoms with Crippen LogP contribution in [0.3, 0.4) is 0 Å². The Morgan fingerprint density at radius 1 is 1.03 bits per heavy atom. The van der Waals surface area contributed by atoms with Crippen molar-refractivity contribution < 1.29 is 33.8 Å². The van der Waals surface area contributed by atoms with Gasteiger partial charge in [-0.05, 0) is 37.1 Å². The number of carbonyl (C=O) groups excluding carboxylic acids is 2. The first-order valence-electron chi connectivity index (χ1n) is 11.8. The van der Waals surface area contributed by atoms with E-state index in [1.165, 1.54) is 25.3 Å². The van der Waals surface area contributed by atoms with E-state index < -0.39 is 22.8 Å². The van der Waals surface area contributed by atoms with Crippen molar-refractivity contribution in [2.24, 2.45) is 0 Å². The Morgan fingerprint density at radius 3 is 2.32 bits per heavy atom. The highest BCUT2D eigenvalue weighted by Gasteiger charge is 2.38. The predicted octanol–water partition coefficient (Wildman–Crippen LogP) is 3.55. The van der Waals surface area contributed by atoms with Gasteiger partial charge in [0.2, 0.25) is 0 Å². The number of hydrogen-bond donors (Lipinski definition) is 2. The van der Waals surface area contributed by atoms with Gasteiger partial charge >= 0.3 is 11.9 Å². The van der Waals surface area contributed by atoms with Crippen LogP contribution in [0.15, 0.2) is 71.1 Å². The number of aliphatic hydroxyl groups is 1. The number of esters is 2. The van der Waals surface area contributed by atoms with Gasteiger partial charge in [-0.25, -0.2) is 9.59 Å². The van der Waals surface area contributed by atoms with Crippen LogP contribution < -0.4 is 10.1 Å². The average Bonchev–Trinajstić information content (AvgIpc) is 2.88. The van der Waals surface area contributed by atoms with Crippen LogP contribution in [0.1, 0.15) is 37.3 Å². The van der Waals surface area contributed by atoms with Crippen molar-refractivity contribution in [2.75, 3.05) is 26.9 Å².